The summed E-state index contributed by atoms with van der Waals surface area (Å²) in [5.74, 6) is 1.70. The molecule has 100 valence electrons. The molecule has 0 bridgehead atoms. The van der Waals surface area contributed by atoms with Crippen LogP contribution in [0.1, 0.15) is 17.2 Å². The Labute approximate surface area is 117 Å². The zero-order chi connectivity index (χ0) is 13.4. The summed E-state index contributed by atoms with van der Waals surface area (Å²) in [6.45, 7) is 3.10. The fourth-order valence-corrected chi connectivity index (χ4v) is 2.88. The van der Waals surface area contributed by atoms with E-state index in [-0.39, 0.29) is 0 Å². The highest BCUT2D eigenvalue weighted by Crippen LogP contribution is 2.29. The molecular formula is C17H16N2O. The van der Waals surface area contributed by atoms with Crippen molar-refractivity contribution in [1.82, 2.24) is 9.88 Å². The summed E-state index contributed by atoms with van der Waals surface area (Å²) in [7, 11) is 0. The van der Waals surface area contributed by atoms with Crippen LogP contribution in [0.3, 0.4) is 0 Å². The third kappa shape index (κ3) is 2.10. The van der Waals surface area contributed by atoms with Crippen LogP contribution < -0.4 is 0 Å². The lowest BCUT2D eigenvalue weighted by Crippen LogP contribution is -2.44. The van der Waals surface area contributed by atoms with Crippen LogP contribution in [-0.2, 0) is 6.54 Å². The van der Waals surface area contributed by atoms with Crippen molar-refractivity contribution in [2.75, 3.05) is 13.1 Å². The van der Waals surface area contributed by atoms with Gasteiger partial charge in [0.2, 0.25) is 0 Å². The van der Waals surface area contributed by atoms with Gasteiger partial charge in [-0.1, -0.05) is 18.2 Å². The number of likely N-dealkylation sites (tertiary alicyclic amines) is 1. The Kier molecular flexibility index (Phi) is 2.78. The van der Waals surface area contributed by atoms with Gasteiger partial charge in [0.25, 0.3) is 0 Å². The molecule has 0 aliphatic carbocycles. The normalized spacial score (nSPS) is 16.4. The first-order valence-electron chi connectivity index (χ1n) is 6.98. The summed E-state index contributed by atoms with van der Waals surface area (Å²) >= 11 is 0. The average molecular weight is 264 g/mol. The molecule has 1 saturated heterocycles. The molecule has 3 heteroatoms. The monoisotopic (exact) mass is 264 g/mol. The van der Waals surface area contributed by atoms with Crippen LogP contribution in [0.5, 0.6) is 0 Å². The van der Waals surface area contributed by atoms with Crippen molar-refractivity contribution in [3.63, 3.8) is 0 Å². The summed E-state index contributed by atoms with van der Waals surface area (Å²) in [5.41, 5.74) is 2.37. The van der Waals surface area contributed by atoms with E-state index in [1.807, 2.05) is 30.6 Å². The molecule has 0 atom stereocenters. The van der Waals surface area contributed by atoms with Crippen LogP contribution >= 0.6 is 0 Å². The van der Waals surface area contributed by atoms with Gasteiger partial charge in [0.1, 0.15) is 11.3 Å². The first-order chi connectivity index (χ1) is 9.88. The van der Waals surface area contributed by atoms with E-state index < -0.39 is 0 Å². The second-order valence-corrected chi connectivity index (χ2v) is 5.42. The van der Waals surface area contributed by atoms with Gasteiger partial charge in [-0.3, -0.25) is 9.88 Å². The summed E-state index contributed by atoms with van der Waals surface area (Å²) in [4.78, 5) is 6.49. The van der Waals surface area contributed by atoms with E-state index >= 15 is 0 Å². The minimum atomic E-state index is 0.641. The predicted molar refractivity (Wildman–Crippen MR) is 78.5 cm³/mol. The van der Waals surface area contributed by atoms with Gasteiger partial charge >= 0.3 is 0 Å². The number of hydrogen-bond acceptors (Lipinski definition) is 3. The first kappa shape index (κ1) is 11.7. The molecule has 0 unspecified atom stereocenters. The van der Waals surface area contributed by atoms with Gasteiger partial charge in [0, 0.05) is 36.8 Å². The number of benzene rings is 1. The van der Waals surface area contributed by atoms with Gasteiger partial charge in [0.15, 0.2) is 0 Å². The number of rotatable bonds is 3. The van der Waals surface area contributed by atoms with E-state index in [0.717, 1.165) is 31.0 Å². The molecule has 3 heterocycles. The number of furan rings is 1. The fraction of sp³-hybridized carbons (Fsp3) is 0.235. The average Bonchev–Trinajstić information content (AvgIpc) is 2.86. The second kappa shape index (κ2) is 4.76. The minimum absolute atomic E-state index is 0.641. The summed E-state index contributed by atoms with van der Waals surface area (Å²) in [6, 6.07) is 14.6. The number of pyridine rings is 1. The zero-order valence-electron chi connectivity index (χ0n) is 11.2. The molecule has 3 nitrogen and oxygen atoms in total. The van der Waals surface area contributed by atoms with Crippen molar-refractivity contribution < 1.29 is 4.42 Å². The van der Waals surface area contributed by atoms with Crippen LogP contribution in [0.2, 0.25) is 0 Å². The third-order valence-electron chi connectivity index (χ3n) is 3.99. The Morgan fingerprint density at radius 3 is 2.70 bits per heavy atom. The molecule has 1 fully saturated rings. The molecular weight excluding hydrogens is 248 g/mol. The Morgan fingerprint density at radius 1 is 1.10 bits per heavy atom. The van der Waals surface area contributed by atoms with E-state index in [1.165, 1.54) is 10.9 Å². The molecule has 1 aliphatic heterocycles. The van der Waals surface area contributed by atoms with Gasteiger partial charge < -0.3 is 4.42 Å². The summed E-state index contributed by atoms with van der Waals surface area (Å²) in [6.07, 6.45) is 3.74. The summed E-state index contributed by atoms with van der Waals surface area (Å²) in [5, 5.41) is 1.19. The molecule has 0 saturated carbocycles. The first-order valence-corrected chi connectivity index (χ1v) is 6.98. The van der Waals surface area contributed by atoms with Gasteiger partial charge in [0.05, 0.1) is 6.54 Å². The van der Waals surface area contributed by atoms with Gasteiger partial charge in [-0.05, 0) is 29.8 Å². The van der Waals surface area contributed by atoms with E-state index in [0.29, 0.717) is 5.92 Å². The Balaban J connectivity index is 1.42. The summed E-state index contributed by atoms with van der Waals surface area (Å²) < 4.78 is 5.86. The molecule has 0 amide bonds. The van der Waals surface area contributed by atoms with Crippen LogP contribution in [0, 0.1) is 0 Å². The van der Waals surface area contributed by atoms with Crippen LogP contribution in [0.15, 0.2) is 59.3 Å². The number of para-hydroxylation sites is 1. The second-order valence-electron chi connectivity index (χ2n) is 5.42. The van der Waals surface area contributed by atoms with E-state index in [2.05, 4.69) is 34.1 Å². The number of aromatic nitrogens is 1. The van der Waals surface area contributed by atoms with E-state index in [1.54, 1.807) is 0 Å². The zero-order valence-corrected chi connectivity index (χ0v) is 11.2. The molecule has 1 aliphatic rings. The van der Waals surface area contributed by atoms with Crippen LogP contribution in [0.25, 0.3) is 11.0 Å². The molecule has 0 N–H and O–H groups in total. The van der Waals surface area contributed by atoms with E-state index in [4.69, 9.17) is 4.42 Å². The molecule has 4 rings (SSSR count). The molecule has 1 aromatic carbocycles. The van der Waals surface area contributed by atoms with E-state index in [9.17, 15) is 0 Å². The van der Waals surface area contributed by atoms with Crippen molar-refractivity contribution >= 4 is 11.0 Å². The maximum atomic E-state index is 5.86. The van der Waals surface area contributed by atoms with Crippen LogP contribution in [0.4, 0.5) is 0 Å². The molecule has 2 aromatic heterocycles. The highest BCUT2D eigenvalue weighted by atomic mass is 16.3. The fourth-order valence-electron chi connectivity index (χ4n) is 2.88. The van der Waals surface area contributed by atoms with Crippen molar-refractivity contribution in [3.8, 4) is 0 Å². The van der Waals surface area contributed by atoms with Gasteiger partial charge in [-0.15, -0.1) is 0 Å². The maximum Gasteiger partial charge on any atom is 0.134 e. The molecule has 0 spiro atoms. The Hall–Kier alpha value is -2.13. The highest BCUT2D eigenvalue weighted by molar-refractivity contribution is 5.77. The standard InChI is InChI=1S/C17H16N2O/c1-2-4-17-14(3-1)9-16(20-17)12-19-10-15(11-19)13-5-7-18-8-6-13/h1-9,15H,10-12H2. The largest absolute Gasteiger partial charge is 0.460 e. The Bertz CT molecular complexity index is 681. The lowest BCUT2D eigenvalue weighted by molar-refractivity contribution is 0.130. The number of fused-ring (bicyclic) bond motifs is 1. The lowest BCUT2D eigenvalue weighted by atomic mass is 9.92. The minimum Gasteiger partial charge on any atom is -0.460 e. The van der Waals surface area contributed by atoms with Crippen LogP contribution in [-0.4, -0.2) is 23.0 Å². The molecule has 20 heavy (non-hydrogen) atoms. The number of nitrogens with zero attached hydrogens (tertiary/aromatic N) is 2. The number of hydrogen-bond donors (Lipinski definition) is 0. The molecule has 3 aromatic rings. The third-order valence-corrected chi connectivity index (χ3v) is 3.99. The predicted octanol–water partition coefficient (Wildman–Crippen LogP) is 3.43. The molecule has 0 radical (unpaired) electrons. The highest BCUT2D eigenvalue weighted by Gasteiger charge is 2.28. The maximum absolute atomic E-state index is 5.86. The quantitative estimate of drug-likeness (QED) is 0.726. The Morgan fingerprint density at radius 2 is 1.90 bits per heavy atom. The van der Waals surface area contributed by atoms with Crippen molar-refractivity contribution in [3.05, 3.63) is 66.2 Å². The smallest absolute Gasteiger partial charge is 0.134 e. The lowest BCUT2D eigenvalue weighted by Gasteiger charge is -2.38. The van der Waals surface area contributed by atoms with Gasteiger partial charge in [-0.2, -0.15) is 0 Å². The SMILES string of the molecule is c1ccc2oc(CN3CC(c4ccncc4)C3)cc2c1. The topological polar surface area (TPSA) is 29.3 Å². The van der Waals surface area contributed by atoms with Crippen molar-refractivity contribution in [1.29, 1.82) is 0 Å². The van der Waals surface area contributed by atoms with Crippen molar-refractivity contribution in [2.45, 2.75) is 12.5 Å². The van der Waals surface area contributed by atoms with Crippen molar-refractivity contribution in [2.24, 2.45) is 0 Å². The van der Waals surface area contributed by atoms with Gasteiger partial charge in [-0.25, -0.2) is 0 Å².